The fourth-order valence-corrected chi connectivity index (χ4v) is 5.35. The van der Waals surface area contributed by atoms with Crippen molar-refractivity contribution in [3.05, 3.63) is 62.7 Å². The number of hydrogen-bond acceptors (Lipinski definition) is 7. The quantitative estimate of drug-likeness (QED) is 0.535. The molecular weight excluding hydrogens is 446 g/mol. The van der Waals surface area contributed by atoms with Crippen molar-refractivity contribution in [2.75, 3.05) is 5.32 Å². The van der Waals surface area contributed by atoms with Gasteiger partial charge in [-0.25, -0.2) is 9.78 Å². The average molecular weight is 468 g/mol. The van der Waals surface area contributed by atoms with Gasteiger partial charge in [0.15, 0.2) is 0 Å². The van der Waals surface area contributed by atoms with Crippen molar-refractivity contribution >= 4 is 45.8 Å². The molecular formula is C22H21N5O3S2. The van der Waals surface area contributed by atoms with E-state index in [2.05, 4.69) is 21.7 Å². The minimum absolute atomic E-state index is 0.276. The van der Waals surface area contributed by atoms with Crippen LogP contribution in [0.4, 0.5) is 9.80 Å². The van der Waals surface area contributed by atoms with Crippen molar-refractivity contribution in [2.24, 2.45) is 7.05 Å². The number of nitriles is 1. The van der Waals surface area contributed by atoms with Gasteiger partial charge in [-0.2, -0.15) is 5.26 Å². The molecule has 0 fully saturated rings. The van der Waals surface area contributed by atoms with Crippen molar-refractivity contribution in [1.82, 2.24) is 14.9 Å². The number of amides is 2. The van der Waals surface area contributed by atoms with Crippen LogP contribution >= 0.6 is 22.7 Å². The zero-order valence-corrected chi connectivity index (χ0v) is 19.0. The molecule has 0 saturated heterocycles. The number of nitrogens with one attached hydrogen (secondary N) is 2. The first-order valence-electron chi connectivity index (χ1n) is 10.0. The number of imidazole rings is 1. The maximum atomic E-state index is 12.3. The van der Waals surface area contributed by atoms with Gasteiger partial charge in [-0.05, 0) is 35.9 Å². The Morgan fingerprint density at radius 2 is 2.34 bits per heavy atom. The molecule has 0 bridgehead atoms. The number of carbonyl (C=O) groups excluding carboxylic acids is 2. The Bertz CT molecular complexity index is 1190. The van der Waals surface area contributed by atoms with E-state index in [1.165, 1.54) is 17.4 Å². The molecule has 1 aliphatic rings. The number of nitrogens with zero attached hydrogens (tertiary/aromatic N) is 3. The number of aromatic nitrogens is 2. The molecule has 3 aromatic rings. The van der Waals surface area contributed by atoms with E-state index in [0.29, 0.717) is 36.4 Å². The summed E-state index contributed by atoms with van der Waals surface area (Å²) in [6.07, 6.45) is 7.58. The monoisotopic (exact) mass is 467 g/mol. The van der Waals surface area contributed by atoms with Crippen LogP contribution in [0.15, 0.2) is 36.1 Å². The predicted molar refractivity (Wildman–Crippen MR) is 123 cm³/mol. The first kappa shape index (κ1) is 21.8. The average Bonchev–Trinajstić information content (AvgIpc) is 3.50. The standard InChI is InChI=1S/C22H21N5O3S2/c1-27-13-24-11-14(27)12-25-22(29)30-15-4-6-17-18(10-23)21(32-19(17)9-15)26-20(28)7-5-16-3-2-8-31-16/h2-3,5,7-8,11,13,15H,4,6,9,12H2,1H3,(H,25,29)(H,26,28). The summed E-state index contributed by atoms with van der Waals surface area (Å²) in [4.78, 5) is 30.5. The van der Waals surface area contributed by atoms with E-state index in [-0.39, 0.29) is 12.0 Å². The Kier molecular flexibility index (Phi) is 6.68. The summed E-state index contributed by atoms with van der Waals surface area (Å²) in [5.74, 6) is -0.282. The minimum Gasteiger partial charge on any atom is -0.446 e. The highest BCUT2D eigenvalue weighted by Crippen LogP contribution is 2.38. The van der Waals surface area contributed by atoms with Crippen LogP contribution in [0.3, 0.4) is 0 Å². The molecule has 0 saturated carbocycles. The van der Waals surface area contributed by atoms with Crippen molar-refractivity contribution in [2.45, 2.75) is 31.9 Å². The van der Waals surface area contributed by atoms with E-state index >= 15 is 0 Å². The van der Waals surface area contributed by atoms with E-state index in [0.717, 1.165) is 21.0 Å². The van der Waals surface area contributed by atoms with Gasteiger partial charge in [0.2, 0.25) is 5.91 Å². The third-order valence-corrected chi connectivity index (χ3v) is 7.12. The lowest BCUT2D eigenvalue weighted by Gasteiger charge is -2.22. The lowest BCUT2D eigenvalue weighted by atomic mass is 9.94. The molecule has 2 amide bonds. The largest absolute Gasteiger partial charge is 0.446 e. The van der Waals surface area contributed by atoms with Gasteiger partial charge in [0.05, 0.1) is 24.1 Å². The first-order chi connectivity index (χ1) is 15.5. The lowest BCUT2D eigenvalue weighted by molar-refractivity contribution is -0.111. The summed E-state index contributed by atoms with van der Waals surface area (Å²) in [5, 5.41) is 17.7. The van der Waals surface area contributed by atoms with E-state index < -0.39 is 6.09 Å². The van der Waals surface area contributed by atoms with Crippen LogP contribution in [0.1, 0.15) is 33.0 Å². The van der Waals surface area contributed by atoms with Gasteiger partial charge < -0.3 is 19.9 Å². The van der Waals surface area contributed by atoms with E-state index in [4.69, 9.17) is 4.74 Å². The topological polar surface area (TPSA) is 109 Å². The molecule has 32 heavy (non-hydrogen) atoms. The SMILES string of the molecule is Cn1cncc1CNC(=O)OC1CCc2c(sc(NC(=O)C=Cc3cccs3)c2C#N)C1. The van der Waals surface area contributed by atoms with Gasteiger partial charge in [0, 0.05) is 35.5 Å². The number of aryl methyl sites for hydroxylation is 1. The molecule has 0 aromatic carbocycles. The van der Waals surface area contributed by atoms with Crippen LogP contribution in [0.25, 0.3) is 6.08 Å². The summed E-state index contributed by atoms with van der Waals surface area (Å²) in [6.45, 7) is 0.333. The normalized spacial score (nSPS) is 15.2. The minimum atomic E-state index is -0.482. The summed E-state index contributed by atoms with van der Waals surface area (Å²) in [6, 6.07) is 6.06. The Morgan fingerprint density at radius 1 is 1.47 bits per heavy atom. The Morgan fingerprint density at radius 3 is 3.06 bits per heavy atom. The van der Waals surface area contributed by atoms with Gasteiger partial charge >= 0.3 is 6.09 Å². The molecule has 164 valence electrons. The second-order valence-corrected chi connectivity index (χ2v) is 9.36. The molecule has 1 aliphatic carbocycles. The van der Waals surface area contributed by atoms with Crippen LogP contribution in [-0.2, 0) is 36.0 Å². The fraction of sp³-hybridized carbons (Fsp3) is 0.273. The van der Waals surface area contributed by atoms with Crippen molar-refractivity contribution in [3.8, 4) is 6.07 Å². The summed E-state index contributed by atoms with van der Waals surface area (Å²) < 4.78 is 7.40. The number of anilines is 1. The molecule has 3 heterocycles. The second-order valence-electron chi connectivity index (χ2n) is 7.28. The number of ether oxygens (including phenoxy) is 1. The molecule has 1 atom stereocenters. The first-order valence-corrected chi connectivity index (χ1v) is 11.7. The lowest BCUT2D eigenvalue weighted by Crippen LogP contribution is -2.32. The number of alkyl carbamates (subject to hydrolysis) is 1. The summed E-state index contributed by atoms with van der Waals surface area (Å²) >= 11 is 2.92. The highest BCUT2D eigenvalue weighted by Gasteiger charge is 2.28. The van der Waals surface area contributed by atoms with Crippen molar-refractivity contribution < 1.29 is 14.3 Å². The van der Waals surface area contributed by atoms with E-state index in [1.807, 2.05) is 29.1 Å². The van der Waals surface area contributed by atoms with Crippen LogP contribution in [0.2, 0.25) is 0 Å². The third kappa shape index (κ3) is 5.07. The molecule has 1 unspecified atom stereocenters. The summed E-state index contributed by atoms with van der Waals surface area (Å²) in [5.41, 5.74) is 2.31. The molecule has 0 spiro atoms. The smallest absolute Gasteiger partial charge is 0.407 e. The van der Waals surface area contributed by atoms with Crippen molar-refractivity contribution in [1.29, 1.82) is 5.26 Å². The van der Waals surface area contributed by atoms with Crippen LogP contribution in [-0.4, -0.2) is 27.7 Å². The predicted octanol–water partition coefficient (Wildman–Crippen LogP) is 3.85. The maximum absolute atomic E-state index is 12.3. The Hall–Kier alpha value is -3.42. The number of carbonyl (C=O) groups is 2. The maximum Gasteiger partial charge on any atom is 0.407 e. The number of fused-ring (bicyclic) bond motifs is 1. The van der Waals surface area contributed by atoms with Crippen LogP contribution < -0.4 is 10.6 Å². The number of thiophene rings is 2. The highest BCUT2D eigenvalue weighted by molar-refractivity contribution is 7.16. The fourth-order valence-electron chi connectivity index (χ4n) is 3.47. The molecule has 2 N–H and O–H groups in total. The van der Waals surface area contributed by atoms with Gasteiger partial charge in [-0.1, -0.05) is 6.07 Å². The zero-order chi connectivity index (χ0) is 22.5. The molecule has 0 radical (unpaired) electrons. The van der Waals surface area contributed by atoms with Gasteiger partial charge in [-0.15, -0.1) is 22.7 Å². The highest BCUT2D eigenvalue weighted by atomic mass is 32.1. The van der Waals surface area contributed by atoms with E-state index in [1.54, 1.807) is 29.9 Å². The van der Waals surface area contributed by atoms with Gasteiger partial charge in [0.1, 0.15) is 17.2 Å². The number of rotatable bonds is 6. The number of hydrogen-bond donors (Lipinski definition) is 2. The Labute approximate surface area is 193 Å². The van der Waals surface area contributed by atoms with Gasteiger partial charge in [0.25, 0.3) is 0 Å². The second kappa shape index (κ2) is 9.80. The summed E-state index contributed by atoms with van der Waals surface area (Å²) in [7, 11) is 1.86. The molecule has 4 rings (SSSR count). The third-order valence-electron chi connectivity index (χ3n) is 5.11. The molecule has 3 aromatic heterocycles. The molecule has 8 nitrogen and oxygen atoms in total. The van der Waals surface area contributed by atoms with Crippen LogP contribution in [0, 0.1) is 11.3 Å². The van der Waals surface area contributed by atoms with E-state index in [9.17, 15) is 14.9 Å². The van der Waals surface area contributed by atoms with Crippen molar-refractivity contribution in [3.63, 3.8) is 0 Å². The molecule has 0 aliphatic heterocycles. The van der Waals surface area contributed by atoms with Crippen LogP contribution in [0.5, 0.6) is 0 Å². The van der Waals surface area contributed by atoms with Gasteiger partial charge in [-0.3, -0.25) is 4.79 Å². The zero-order valence-electron chi connectivity index (χ0n) is 17.3. The Balaban J connectivity index is 1.36. The molecule has 10 heteroatoms.